The standard InChI is InChI=1S/C8H7BrO4/c1-13-4-2-5(9)7(8(11)12)6(10)3-4/h2-3,10H,1H3,(H,11,12). The quantitative estimate of drug-likeness (QED) is 0.836. The molecule has 0 radical (unpaired) electrons. The highest BCUT2D eigenvalue weighted by molar-refractivity contribution is 9.10. The third-order valence-corrected chi connectivity index (χ3v) is 2.12. The van der Waals surface area contributed by atoms with E-state index in [-0.39, 0.29) is 15.8 Å². The van der Waals surface area contributed by atoms with E-state index >= 15 is 0 Å². The van der Waals surface area contributed by atoms with Crippen LogP contribution in [0.25, 0.3) is 0 Å². The lowest BCUT2D eigenvalue weighted by Crippen LogP contribution is -1.98. The zero-order valence-electron chi connectivity index (χ0n) is 6.74. The molecule has 1 aromatic rings. The molecule has 0 spiro atoms. The van der Waals surface area contributed by atoms with Crippen molar-refractivity contribution in [3.63, 3.8) is 0 Å². The fourth-order valence-electron chi connectivity index (χ4n) is 0.898. The van der Waals surface area contributed by atoms with Crippen LogP contribution >= 0.6 is 15.9 Å². The van der Waals surface area contributed by atoms with Crippen LogP contribution in [0.3, 0.4) is 0 Å². The molecular formula is C8H7BrO4. The average Bonchev–Trinajstić information content (AvgIpc) is 2.02. The molecule has 0 heterocycles. The molecule has 0 aromatic heterocycles. The van der Waals surface area contributed by atoms with Gasteiger partial charge in [-0.15, -0.1) is 0 Å². The van der Waals surface area contributed by atoms with E-state index in [0.717, 1.165) is 0 Å². The van der Waals surface area contributed by atoms with Crippen molar-refractivity contribution in [3.05, 3.63) is 22.2 Å². The summed E-state index contributed by atoms with van der Waals surface area (Å²) in [7, 11) is 1.43. The van der Waals surface area contributed by atoms with Crippen LogP contribution in [0.4, 0.5) is 0 Å². The highest BCUT2D eigenvalue weighted by Crippen LogP contribution is 2.31. The van der Waals surface area contributed by atoms with Crippen molar-refractivity contribution in [1.29, 1.82) is 0 Å². The van der Waals surface area contributed by atoms with Gasteiger partial charge in [-0.2, -0.15) is 0 Å². The van der Waals surface area contributed by atoms with Crippen LogP contribution in [0.2, 0.25) is 0 Å². The first-order valence-electron chi connectivity index (χ1n) is 3.36. The van der Waals surface area contributed by atoms with Gasteiger partial charge in [-0.3, -0.25) is 0 Å². The summed E-state index contributed by atoms with van der Waals surface area (Å²) in [4.78, 5) is 10.6. The van der Waals surface area contributed by atoms with Crippen LogP contribution in [-0.2, 0) is 0 Å². The predicted molar refractivity (Wildman–Crippen MR) is 49.3 cm³/mol. The number of ether oxygens (including phenoxy) is 1. The fraction of sp³-hybridized carbons (Fsp3) is 0.125. The summed E-state index contributed by atoms with van der Waals surface area (Å²) in [5.74, 6) is -1.11. The van der Waals surface area contributed by atoms with Crippen molar-refractivity contribution in [3.8, 4) is 11.5 Å². The van der Waals surface area contributed by atoms with Crippen molar-refractivity contribution in [2.75, 3.05) is 7.11 Å². The smallest absolute Gasteiger partial charge is 0.340 e. The topological polar surface area (TPSA) is 66.8 Å². The molecule has 1 rings (SSSR count). The van der Waals surface area contributed by atoms with Crippen molar-refractivity contribution in [2.45, 2.75) is 0 Å². The molecule has 0 aliphatic heterocycles. The molecule has 4 nitrogen and oxygen atoms in total. The Labute approximate surface area is 82.9 Å². The number of phenols is 1. The molecule has 0 unspecified atom stereocenters. The largest absolute Gasteiger partial charge is 0.507 e. The molecule has 0 amide bonds. The molecular weight excluding hydrogens is 240 g/mol. The summed E-state index contributed by atoms with van der Waals surface area (Å²) in [5.41, 5.74) is -0.166. The maximum absolute atomic E-state index is 10.6. The number of hydrogen-bond donors (Lipinski definition) is 2. The van der Waals surface area contributed by atoms with E-state index in [1.54, 1.807) is 0 Å². The minimum Gasteiger partial charge on any atom is -0.507 e. The van der Waals surface area contributed by atoms with Crippen LogP contribution in [0.1, 0.15) is 10.4 Å². The van der Waals surface area contributed by atoms with Gasteiger partial charge in [0, 0.05) is 10.5 Å². The second-order valence-corrected chi connectivity index (χ2v) is 3.16. The van der Waals surface area contributed by atoms with Gasteiger partial charge in [-0.25, -0.2) is 4.79 Å². The van der Waals surface area contributed by atoms with Crippen molar-refractivity contribution >= 4 is 21.9 Å². The van der Waals surface area contributed by atoms with Crippen LogP contribution < -0.4 is 4.74 Å². The molecule has 0 fully saturated rings. The highest BCUT2D eigenvalue weighted by atomic mass is 79.9. The molecule has 0 aliphatic rings. The third kappa shape index (κ3) is 1.92. The number of rotatable bonds is 2. The number of halogens is 1. The maximum Gasteiger partial charge on any atom is 0.340 e. The third-order valence-electron chi connectivity index (χ3n) is 1.49. The Hall–Kier alpha value is -1.23. The van der Waals surface area contributed by atoms with Gasteiger partial charge < -0.3 is 14.9 Å². The van der Waals surface area contributed by atoms with Crippen molar-refractivity contribution in [2.24, 2.45) is 0 Å². The Balaban J connectivity index is 3.31. The maximum atomic E-state index is 10.6. The van der Waals surface area contributed by atoms with E-state index in [2.05, 4.69) is 15.9 Å². The van der Waals surface area contributed by atoms with E-state index in [1.165, 1.54) is 19.2 Å². The minimum atomic E-state index is -1.19. The number of carboxylic acids is 1. The Morgan fingerprint density at radius 3 is 2.54 bits per heavy atom. The van der Waals surface area contributed by atoms with E-state index in [1.807, 2.05) is 0 Å². The number of carboxylic acid groups (broad SMARTS) is 1. The second-order valence-electron chi connectivity index (χ2n) is 2.31. The van der Waals surface area contributed by atoms with Crippen molar-refractivity contribution < 1.29 is 19.7 Å². The van der Waals surface area contributed by atoms with Gasteiger partial charge in [-0.05, 0) is 22.0 Å². The normalized spacial score (nSPS) is 9.69. The molecule has 0 aliphatic carbocycles. The molecule has 0 atom stereocenters. The van der Waals surface area contributed by atoms with E-state index in [9.17, 15) is 9.90 Å². The van der Waals surface area contributed by atoms with Gasteiger partial charge in [-0.1, -0.05) is 0 Å². The number of aromatic hydroxyl groups is 1. The number of aromatic carboxylic acids is 1. The van der Waals surface area contributed by atoms with E-state index in [4.69, 9.17) is 9.84 Å². The molecule has 2 N–H and O–H groups in total. The first-order valence-corrected chi connectivity index (χ1v) is 4.15. The minimum absolute atomic E-state index is 0.166. The van der Waals surface area contributed by atoms with Gasteiger partial charge in [0.25, 0.3) is 0 Å². The first kappa shape index (κ1) is 9.85. The highest BCUT2D eigenvalue weighted by Gasteiger charge is 2.15. The van der Waals surface area contributed by atoms with Crippen LogP contribution in [0.5, 0.6) is 11.5 Å². The molecule has 0 saturated carbocycles. The Morgan fingerprint density at radius 1 is 1.54 bits per heavy atom. The lowest BCUT2D eigenvalue weighted by Gasteiger charge is -2.05. The van der Waals surface area contributed by atoms with Crippen LogP contribution in [0.15, 0.2) is 16.6 Å². The summed E-state index contributed by atoms with van der Waals surface area (Å²) in [6, 6.07) is 2.72. The summed E-state index contributed by atoms with van der Waals surface area (Å²) in [6.45, 7) is 0. The Morgan fingerprint density at radius 2 is 2.15 bits per heavy atom. The van der Waals surface area contributed by atoms with Gasteiger partial charge in [0.15, 0.2) is 0 Å². The average molecular weight is 247 g/mol. The van der Waals surface area contributed by atoms with Crippen LogP contribution in [-0.4, -0.2) is 23.3 Å². The molecule has 70 valence electrons. The Kier molecular flexibility index (Phi) is 2.77. The first-order chi connectivity index (χ1) is 6.06. The molecule has 5 heteroatoms. The summed E-state index contributed by atoms with van der Waals surface area (Å²) >= 11 is 3.02. The monoisotopic (exact) mass is 246 g/mol. The summed E-state index contributed by atoms with van der Waals surface area (Å²) in [5, 5.41) is 18.0. The predicted octanol–water partition coefficient (Wildman–Crippen LogP) is 1.86. The van der Waals surface area contributed by atoms with Gasteiger partial charge in [0.2, 0.25) is 0 Å². The Bertz CT molecular complexity index is 325. The summed E-state index contributed by atoms with van der Waals surface area (Å²) < 4.78 is 5.12. The van der Waals surface area contributed by atoms with Crippen LogP contribution in [0, 0.1) is 0 Å². The fourth-order valence-corrected chi connectivity index (χ4v) is 1.50. The lowest BCUT2D eigenvalue weighted by molar-refractivity contribution is 0.0692. The SMILES string of the molecule is COc1cc(O)c(C(=O)O)c(Br)c1. The second kappa shape index (κ2) is 3.66. The number of methoxy groups -OCH3 is 1. The van der Waals surface area contributed by atoms with Gasteiger partial charge in [0.05, 0.1) is 7.11 Å². The molecule has 0 saturated heterocycles. The summed E-state index contributed by atoms with van der Waals surface area (Å²) in [6.07, 6.45) is 0. The van der Waals surface area contributed by atoms with Gasteiger partial charge in [0.1, 0.15) is 17.1 Å². The van der Waals surface area contributed by atoms with E-state index < -0.39 is 5.97 Å². The molecule has 0 bridgehead atoms. The van der Waals surface area contributed by atoms with Crippen molar-refractivity contribution in [1.82, 2.24) is 0 Å². The lowest BCUT2D eigenvalue weighted by atomic mass is 10.2. The number of carbonyl (C=O) groups is 1. The number of hydrogen-bond acceptors (Lipinski definition) is 3. The number of benzene rings is 1. The van der Waals surface area contributed by atoms with E-state index in [0.29, 0.717) is 5.75 Å². The zero-order valence-corrected chi connectivity index (χ0v) is 8.33. The molecule has 1 aromatic carbocycles. The van der Waals surface area contributed by atoms with Gasteiger partial charge >= 0.3 is 5.97 Å². The zero-order chi connectivity index (χ0) is 10.0. The molecule has 13 heavy (non-hydrogen) atoms.